The third-order valence-electron chi connectivity index (χ3n) is 3.30. The third kappa shape index (κ3) is 1.88. The molecule has 0 fully saturated rings. The van der Waals surface area contributed by atoms with Gasteiger partial charge in [0.2, 0.25) is 0 Å². The lowest BCUT2D eigenvalue weighted by Crippen LogP contribution is -1.86. The Balaban J connectivity index is 2.22. The highest BCUT2D eigenvalue weighted by molar-refractivity contribution is 5.87. The standard InChI is InChI=1S/C17H15N/c1-12-5-3-7-14(9-12)17-10-16-13(2)6-4-8-15(16)11-18-17/h3-11H,1-2H3. The number of pyridine rings is 1. The minimum absolute atomic E-state index is 1.04. The van der Waals surface area contributed by atoms with Gasteiger partial charge in [-0.25, -0.2) is 0 Å². The van der Waals surface area contributed by atoms with Crippen LogP contribution < -0.4 is 0 Å². The molecule has 3 rings (SSSR count). The van der Waals surface area contributed by atoms with Crippen LogP contribution >= 0.6 is 0 Å². The molecule has 1 heterocycles. The van der Waals surface area contributed by atoms with Gasteiger partial charge in [-0.3, -0.25) is 4.98 Å². The van der Waals surface area contributed by atoms with Crippen molar-refractivity contribution in [3.63, 3.8) is 0 Å². The zero-order valence-electron chi connectivity index (χ0n) is 10.6. The van der Waals surface area contributed by atoms with Crippen molar-refractivity contribution in [2.75, 3.05) is 0 Å². The monoisotopic (exact) mass is 233 g/mol. The molecule has 3 aromatic rings. The summed E-state index contributed by atoms with van der Waals surface area (Å²) in [6.45, 7) is 4.25. The third-order valence-corrected chi connectivity index (χ3v) is 3.30. The molecule has 18 heavy (non-hydrogen) atoms. The van der Waals surface area contributed by atoms with Crippen LogP contribution in [0.2, 0.25) is 0 Å². The molecule has 1 nitrogen and oxygen atoms in total. The second kappa shape index (κ2) is 4.26. The lowest BCUT2D eigenvalue weighted by molar-refractivity contribution is 1.34. The molecular weight excluding hydrogens is 218 g/mol. The van der Waals surface area contributed by atoms with E-state index in [0.717, 1.165) is 5.69 Å². The topological polar surface area (TPSA) is 12.9 Å². The van der Waals surface area contributed by atoms with E-state index in [2.05, 4.69) is 67.4 Å². The van der Waals surface area contributed by atoms with Crippen LogP contribution in [0.1, 0.15) is 11.1 Å². The number of fused-ring (bicyclic) bond motifs is 1. The average molecular weight is 233 g/mol. The molecule has 0 spiro atoms. The zero-order chi connectivity index (χ0) is 12.5. The van der Waals surface area contributed by atoms with E-state index in [0.29, 0.717) is 0 Å². The smallest absolute Gasteiger partial charge is 0.0708 e. The molecule has 2 aromatic carbocycles. The van der Waals surface area contributed by atoms with E-state index in [1.54, 1.807) is 0 Å². The van der Waals surface area contributed by atoms with Crippen molar-refractivity contribution in [1.82, 2.24) is 4.98 Å². The summed E-state index contributed by atoms with van der Waals surface area (Å²) in [5, 5.41) is 2.48. The van der Waals surface area contributed by atoms with Gasteiger partial charge in [-0.1, -0.05) is 42.0 Å². The van der Waals surface area contributed by atoms with Crippen LogP contribution in [0.3, 0.4) is 0 Å². The number of benzene rings is 2. The molecule has 0 unspecified atom stereocenters. The number of hydrogen-bond donors (Lipinski definition) is 0. The highest BCUT2D eigenvalue weighted by Gasteiger charge is 2.03. The van der Waals surface area contributed by atoms with Gasteiger partial charge >= 0.3 is 0 Å². The van der Waals surface area contributed by atoms with Gasteiger partial charge in [-0.05, 0) is 36.9 Å². The minimum atomic E-state index is 1.04. The molecule has 0 saturated carbocycles. The van der Waals surface area contributed by atoms with E-state index in [4.69, 9.17) is 0 Å². The lowest BCUT2D eigenvalue weighted by atomic mass is 10.0. The number of rotatable bonds is 1. The first kappa shape index (κ1) is 11.0. The van der Waals surface area contributed by atoms with Gasteiger partial charge < -0.3 is 0 Å². The van der Waals surface area contributed by atoms with E-state index >= 15 is 0 Å². The molecule has 0 amide bonds. The van der Waals surface area contributed by atoms with Crippen molar-refractivity contribution in [2.24, 2.45) is 0 Å². The van der Waals surface area contributed by atoms with E-state index in [9.17, 15) is 0 Å². The quantitative estimate of drug-likeness (QED) is 0.602. The second-order valence-corrected chi connectivity index (χ2v) is 4.74. The molecule has 0 N–H and O–H groups in total. The van der Waals surface area contributed by atoms with Crippen LogP contribution in [0.25, 0.3) is 22.0 Å². The molecular formula is C17H15N. The van der Waals surface area contributed by atoms with E-state index < -0.39 is 0 Å². The molecule has 88 valence electrons. The molecule has 0 saturated heterocycles. The maximum atomic E-state index is 4.56. The Morgan fingerprint density at radius 1 is 0.889 bits per heavy atom. The summed E-state index contributed by atoms with van der Waals surface area (Å²) in [7, 11) is 0. The van der Waals surface area contributed by atoms with Gasteiger partial charge in [-0.2, -0.15) is 0 Å². The van der Waals surface area contributed by atoms with Gasteiger partial charge in [0.25, 0.3) is 0 Å². The van der Waals surface area contributed by atoms with Crippen LogP contribution in [-0.4, -0.2) is 4.98 Å². The Hall–Kier alpha value is -2.15. The van der Waals surface area contributed by atoms with Gasteiger partial charge in [-0.15, -0.1) is 0 Å². The molecule has 0 atom stereocenters. The lowest BCUT2D eigenvalue weighted by Gasteiger charge is -2.06. The number of aryl methyl sites for hydroxylation is 2. The van der Waals surface area contributed by atoms with Crippen molar-refractivity contribution in [1.29, 1.82) is 0 Å². The summed E-state index contributed by atoms with van der Waals surface area (Å²) >= 11 is 0. The molecule has 0 aliphatic rings. The van der Waals surface area contributed by atoms with E-state index in [1.165, 1.54) is 27.5 Å². The minimum Gasteiger partial charge on any atom is -0.256 e. The summed E-state index contributed by atoms with van der Waals surface area (Å²) in [4.78, 5) is 4.56. The van der Waals surface area contributed by atoms with Gasteiger partial charge in [0.1, 0.15) is 0 Å². The summed E-state index contributed by atoms with van der Waals surface area (Å²) in [5.41, 5.74) is 4.78. The van der Waals surface area contributed by atoms with Crippen LogP contribution in [0.15, 0.2) is 54.7 Å². The Kier molecular flexibility index (Phi) is 2.60. The predicted octanol–water partition coefficient (Wildman–Crippen LogP) is 4.52. The second-order valence-electron chi connectivity index (χ2n) is 4.74. The molecule has 1 heteroatoms. The summed E-state index contributed by atoms with van der Waals surface area (Å²) in [6.07, 6.45) is 1.96. The first-order chi connectivity index (χ1) is 8.74. The van der Waals surface area contributed by atoms with E-state index in [1.807, 2.05) is 6.20 Å². The van der Waals surface area contributed by atoms with Crippen LogP contribution in [-0.2, 0) is 0 Å². The first-order valence-corrected chi connectivity index (χ1v) is 6.16. The van der Waals surface area contributed by atoms with Gasteiger partial charge in [0.15, 0.2) is 0 Å². The highest BCUT2D eigenvalue weighted by Crippen LogP contribution is 2.24. The number of hydrogen-bond acceptors (Lipinski definition) is 1. The molecule has 0 aliphatic heterocycles. The Morgan fingerprint density at radius 3 is 2.56 bits per heavy atom. The maximum absolute atomic E-state index is 4.56. The van der Waals surface area contributed by atoms with Crippen molar-refractivity contribution in [3.05, 3.63) is 65.9 Å². The fraction of sp³-hybridized carbons (Fsp3) is 0.118. The fourth-order valence-electron chi connectivity index (χ4n) is 2.29. The number of aromatic nitrogens is 1. The maximum Gasteiger partial charge on any atom is 0.0708 e. The molecule has 1 aromatic heterocycles. The van der Waals surface area contributed by atoms with Crippen molar-refractivity contribution < 1.29 is 0 Å². The van der Waals surface area contributed by atoms with Crippen LogP contribution in [0.4, 0.5) is 0 Å². The summed E-state index contributed by atoms with van der Waals surface area (Å²) in [6, 6.07) is 17.0. The highest BCUT2D eigenvalue weighted by atomic mass is 14.7. The molecule has 0 radical (unpaired) electrons. The Morgan fingerprint density at radius 2 is 1.72 bits per heavy atom. The van der Waals surface area contributed by atoms with Gasteiger partial charge in [0, 0.05) is 17.1 Å². The normalized spacial score (nSPS) is 10.8. The van der Waals surface area contributed by atoms with E-state index in [-0.39, 0.29) is 0 Å². The van der Waals surface area contributed by atoms with Crippen LogP contribution in [0.5, 0.6) is 0 Å². The first-order valence-electron chi connectivity index (χ1n) is 6.16. The average Bonchev–Trinajstić information content (AvgIpc) is 2.39. The van der Waals surface area contributed by atoms with Crippen molar-refractivity contribution in [3.8, 4) is 11.3 Å². The predicted molar refractivity (Wildman–Crippen MR) is 76.7 cm³/mol. The molecule has 0 bridgehead atoms. The summed E-state index contributed by atoms with van der Waals surface area (Å²) < 4.78 is 0. The van der Waals surface area contributed by atoms with Crippen molar-refractivity contribution in [2.45, 2.75) is 13.8 Å². The van der Waals surface area contributed by atoms with Gasteiger partial charge in [0.05, 0.1) is 5.69 Å². The largest absolute Gasteiger partial charge is 0.256 e. The Labute approximate surface area is 107 Å². The van der Waals surface area contributed by atoms with Crippen molar-refractivity contribution >= 4 is 10.8 Å². The number of nitrogens with zero attached hydrogens (tertiary/aromatic N) is 1. The van der Waals surface area contributed by atoms with Crippen LogP contribution in [0, 0.1) is 13.8 Å². The molecule has 0 aliphatic carbocycles. The fourth-order valence-corrected chi connectivity index (χ4v) is 2.29. The Bertz CT molecular complexity index is 714. The SMILES string of the molecule is Cc1cccc(-c2cc3c(C)cccc3cn2)c1. The zero-order valence-corrected chi connectivity index (χ0v) is 10.6. The summed E-state index contributed by atoms with van der Waals surface area (Å²) in [5.74, 6) is 0.